The number of ketones is 1. The largest absolute Gasteiger partial charge is 0.293 e. The van der Waals surface area contributed by atoms with E-state index in [1.54, 1.807) is 16.8 Å². The normalized spacial score (nSPS) is 11.0. The van der Waals surface area contributed by atoms with Crippen molar-refractivity contribution in [3.05, 3.63) is 77.1 Å². The number of benzene rings is 2. The molecule has 2 aromatic carbocycles. The van der Waals surface area contributed by atoms with E-state index in [1.807, 2.05) is 42.5 Å². The minimum atomic E-state index is 0.0425. The molecule has 0 spiro atoms. The summed E-state index contributed by atoms with van der Waals surface area (Å²) in [6.45, 7) is 0.526. The van der Waals surface area contributed by atoms with Crippen molar-refractivity contribution in [1.82, 2.24) is 25.0 Å². The molecule has 2 heterocycles. The van der Waals surface area contributed by atoms with Crippen LogP contribution in [0.15, 0.2) is 66.0 Å². The van der Waals surface area contributed by atoms with Crippen LogP contribution in [0.2, 0.25) is 5.02 Å². The number of nitrogens with zero attached hydrogens (tertiary/aromatic N) is 5. The highest BCUT2D eigenvalue weighted by atomic mass is 35.5. The van der Waals surface area contributed by atoms with E-state index in [9.17, 15) is 4.79 Å². The second-order valence-corrected chi connectivity index (χ2v) is 7.20. The van der Waals surface area contributed by atoms with Crippen molar-refractivity contribution in [3.8, 4) is 0 Å². The molecule has 0 amide bonds. The summed E-state index contributed by atoms with van der Waals surface area (Å²) in [5, 5.41) is 9.74. The van der Waals surface area contributed by atoms with Crippen LogP contribution in [0.25, 0.3) is 11.2 Å². The van der Waals surface area contributed by atoms with E-state index >= 15 is 0 Å². The number of rotatable bonds is 6. The zero-order valence-electron chi connectivity index (χ0n) is 14.1. The van der Waals surface area contributed by atoms with Crippen molar-refractivity contribution in [2.24, 2.45) is 0 Å². The predicted octanol–water partition coefficient (Wildman–Crippen LogP) is 3.90. The molecular weight excluding hydrogens is 382 g/mol. The molecule has 0 N–H and O–H groups in total. The molecule has 4 aromatic rings. The molecule has 2 aromatic heterocycles. The SMILES string of the molecule is O=C(CSc1ncnc2c1nnn2Cc1ccc(Cl)cc1)c1ccccc1. The number of thioether (sulfide) groups is 1. The summed E-state index contributed by atoms with van der Waals surface area (Å²) >= 11 is 7.27. The van der Waals surface area contributed by atoms with Crippen molar-refractivity contribution < 1.29 is 4.79 Å². The quantitative estimate of drug-likeness (QED) is 0.280. The number of Topliss-reactive ketones (excluding diaryl/α,β-unsaturated/α-hetero) is 1. The minimum absolute atomic E-state index is 0.0425. The third kappa shape index (κ3) is 3.99. The zero-order chi connectivity index (χ0) is 18.6. The van der Waals surface area contributed by atoms with Crippen LogP contribution in [0.5, 0.6) is 0 Å². The third-order valence-electron chi connectivity index (χ3n) is 3.95. The smallest absolute Gasteiger partial charge is 0.183 e. The third-order valence-corrected chi connectivity index (χ3v) is 5.18. The molecule has 0 radical (unpaired) electrons. The van der Waals surface area contributed by atoms with Gasteiger partial charge in [0.05, 0.1) is 12.3 Å². The van der Waals surface area contributed by atoms with E-state index in [4.69, 9.17) is 11.6 Å². The highest BCUT2D eigenvalue weighted by Crippen LogP contribution is 2.24. The minimum Gasteiger partial charge on any atom is -0.293 e. The lowest BCUT2D eigenvalue weighted by atomic mass is 10.2. The van der Waals surface area contributed by atoms with E-state index in [0.29, 0.717) is 33.3 Å². The summed E-state index contributed by atoms with van der Waals surface area (Å²) in [6.07, 6.45) is 1.47. The van der Waals surface area contributed by atoms with Crippen LogP contribution in [0, 0.1) is 0 Å². The van der Waals surface area contributed by atoms with Crippen molar-refractivity contribution in [2.75, 3.05) is 5.75 Å². The molecule has 0 saturated carbocycles. The standard InChI is InChI=1S/C19H14ClN5OS/c20-15-8-6-13(7-9-15)10-25-18-17(23-24-25)19(22-12-21-18)27-11-16(26)14-4-2-1-3-5-14/h1-9,12H,10-11H2. The molecule has 0 atom stereocenters. The Morgan fingerprint density at radius 1 is 1.04 bits per heavy atom. The Kier molecular flexibility index (Phi) is 5.13. The molecule has 0 aliphatic carbocycles. The second-order valence-electron chi connectivity index (χ2n) is 5.80. The first kappa shape index (κ1) is 17.6. The molecule has 8 heteroatoms. The molecule has 134 valence electrons. The van der Waals surface area contributed by atoms with Crippen LogP contribution in [-0.2, 0) is 6.54 Å². The van der Waals surface area contributed by atoms with Crippen molar-refractivity contribution >= 4 is 40.3 Å². The molecule has 0 aliphatic rings. The zero-order valence-corrected chi connectivity index (χ0v) is 15.7. The highest BCUT2D eigenvalue weighted by Gasteiger charge is 2.14. The van der Waals surface area contributed by atoms with Gasteiger partial charge < -0.3 is 0 Å². The Bertz CT molecular complexity index is 1080. The fraction of sp³-hybridized carbons (Fsp3) is 0.105. The number of hydrogen-bond donors (Lipinski definition) is 0. The first-order chi connectivity index (χ1) is 13.2. The number of aromatic nitrogens is 5. The fourth-order valence-corrected chi connectivity index (χ4v) is 3.54. The van der Waals surface area contributed by atoms with E-state index in [-0.39, 0.29) is 11.5 Å². The molecule has 4 rings (SSSR count). The Morgan fingerprint density at radius 3 is 2.59 bits per heavy atom. The summed E-state index contributed by atoms with van der Waals surface area (Å²) in [5.74, 6) is 0.320. The number of carbonyl (C=O) groups is 1. The van der Waals surface area contributed by atoms with Gasteiger partial charge in [0, 0.05) is 10.6 Å². The van der Waals surface area contributed by atoms with Crippen LogP contribution in [0.1, 0.15) is 15.9 Å². The summed E-state index contributed by atoms with van der Waals surface area (Å²) in [7, 11) is 0. The average molecular weight is 396 g/mol. The fourth-order valence-electron chi connectivity index (χ4n) is 2.59. The van der Waals surface area contributed by atoms with Crippen LogP contribution in [0.4, 0.5) is 0 Å². The van der Waals surface area contributed by atoms with Gasteiger partial charge in [-0.2, -0.15) is 0 Å². The monoisotopic (exact) mass is 395 g/mol. The van der Waals surface area contributed by atoms with E-state index in [2.05, 4.69) is 20.3 Å². The Hall–Kier alpha value is -2.77. The van der Waals surface area contributed by atoms with Crippen molar-refractivity contribution in [3.63, 3.8) is 0 Å². The van der Waals surface area contributed by atoms with Gasteiger partial charge in [0.1, 0.15) is 11.4 Å². The van der Waals surface area contributed by atoms with Gasteiger partial charge in [-0.25, -0.2) is 14.6 Å². The number of halogens is 1. The summed E-state index contributed by atoms with van der Waals surface area (Å²) in [5.41, 5.74) is 2.95. The lowest BCUT2D eigenvalue weighted by Crippen LogP contribution is -2.04. The number of hydrogen-bond acceptors (Lipinski definition) is 6. The Morgan fingerprint density at radius 2 is 1.81 bits per heavy atom. The summed E-state index contributed by atoms with van der Waals surface area (Å²) in [4.78, 5) is 20.9. The van der Waals surface area contributed by atoms with Crippen molar-refractivity contribution in [1.29, 1.82) is 0 Å². The Balaban J connectivity index is 1.53. The molecule has 0 bridgehead atoms. The highest BCUT2D eigenvalue weighted by molar-refractivity contribution is 8.00. The van der Waals surface area contributed by atoms with Crippen LogP contribution in [-0.4, -0.2) is 36.5 Å². The molecule has 27 heavy (non-hydrogen) atoms. The topological polar surface area (TPSA) is 73.6 Å². The van der Waals surface area contributed by atoms with Gasteiger partial charge in [-0.1, -0.05) is 71.0 Å². The maximum atomic E-state index is 12.3. The molecule has 0 fully saturated rings. The van der Waals surface area contributed by atoms with Gasteiger partial charge in [0.25, 0.3) is 0 Å². The van der Waals surface area contributed by atoms with Gasteiger partial charge >= 0.3 is 0 Å². The van der Waals surface area contributed by atoms with Crippen LogP contribution < -0.4 is 0 Å². The first-order valence-electron chi connectivity index (χ1n) is 8.20. The van der Waals surface area contributed by atoms with Crippen LogP contribution >= 0.6 is 23.4 Å². The maximum Gasteiger partial charge on any atom is 0.183 e. The summed E-state index contributed by atoms with van der Waals surface area (Å²) in [6, 6.07) is 16.7. The molecule has 6 nitrogen and oxygen atoms in total. The van der Waals surface area contributed by atoms with E-state index < -0.39 is 0 Å². The summed E-state index contributed by atoms with van der Waals surface area (Å²) < 4.78 is 1.71. The number of carbonyl (C=O) groups excluding carboxylic acids is 1. The van der Waals surface area contributed by atoms with Gasteiger partial charge in [-0.15, -0.1) is 5.10 Å². The lowest BCUT2D eigenvalue weighted by Gasteiger charge is -2.03. The maximum absolute atomic E-state index is 12.3. The Labute approximate surface area is 164 Å². The second kappa shape index (κ2) is 7.85. The lowest BCUT2D eigenvalue weighted by molar-refractivity contribution is 0.102. The van der Waals surface area contributed by atoms with Gasteiger partial charge in [0.2, 0.25) is 0 Å². The van der Waals surface area contributed by atoms with Gasteiger partial charge in [0.15, 0.2) is 16.9 Å². The number of fused-ring (bicyclic) bond motifs is 1. The van der Waals surface area contributed by atoms with E-state index in [1.165, 1.54) is 18.1 Å². The van der Waals surface area contributed by atoms with Crippen molar-refractivity contribution in [2.45, 2.75) is 11.6 Å². The predicted molar refractivity (Wildman–Crippen MR) is 105 cm³/mol. The van der Waals surface area contributed by atoms with Crippen LogP contribution in [0.3, 0.4) is 0 Å². The van der Waals surface area contributed by atoms with E-state index in [0.717, 1.165) is 5.56 Å². The molecule has 0 aliphatic heterocycles. The average Bonchev–Trinajstić information content (AvgIpc) is 3.12. The first-order valence-corrected chi connectivity index (χ1v) is 9.57. The molecular formula is C19H14ClN5OS. The van der Waals surface area contributed by atoms with Gasteiger partial charge in [-0.05, 0) is 17.7 Å². The van der Waals surface area contributed by atoms with Gasteiger partial charge in [-0.3, -0.25) is 4.79 Å². The molecule has 0 saturated heterocycles. The molecule has 0 unspecified atom stereocenters.